The van der Waals surface area contributed by atoms with E-state index in [-0.39, 0.29) is 17.3 Å². The highest BCUT2D eigenvalue weighted by molar-refractivity contribution is 7.89. The summed E-state index contributed by atoms with van der Waals surface area (Å²) in [4.78, 5) is 12.1. The second-order valence-corrected chi connectivity index (χ2v) is 8.22. The molecule has 0 fully saturated rings. The van der Waals surface area contributed by atoms with Gasteiger partial charge in [-0.15, -0.1) is 0 Å². The molecule has 6 nitrogen and oxygen atoms in total. The fraction of sp³-hybridized carbons (Fsp3) is 0.611. The highest BCUT2D eigenvalue weighted by atomic mass is 32.2. The number of nitrogens with one attached hydrogen (secondary N) is 1. The summed E-state index contributed by atoms with van der Waals surface area (Å²) in [7, 11) is -2.26. The standard InChI is InChI=1S/C18H30N2O4S/c1-5-6-11-24-12-7-10-19-18(21)14-20(4)25(22,23)17-9-8-15(2)16(3)13-17/h8-9,13H,5-7,10-12,14H2,1-4H3,(H,19,21). The Morgan fingerprint density at radius 2 is 1.84 bits per heavy atom. The number of sulfonamides is 1. The normalized spacial score (nSPS) is 11.7. The molecule has 0 bridgehead atoms. The molecule has 1 aromatic rings. The third kappa shape index (κ3) is 7.13. The molecule has 0 radical (unpaired) electrons. The maximum Gasteiger partial charge on any atom is 0.243 e. The van der Waals surface area contributed by atoms with Crippen LogP contribution in [0, 0.1) is 13.8 Å². The van der Waals surface area contributed by atoms with Gasteiger partial charge in [-0.1, -0.05) is 19.4 Å². The Morgan fingerprint density at radius 1 is 1.16 bits per heavy atom. The van der Waals surface area contributed by atoms with E-state index < -0.39 is 10.0 Å². The Kier molecular flexibility index (Phi) is 9.10. The van der Waals surface area contributed by atoms with Gasteiger partial charge in [-0.05, 0) is 49.9 Å². The molecule has 0 aliphatic rings. The molecule has 142 valence electrons. The zero-order valence-corrected chi connectivity index (χ0v) is 16.5. The van der Waals surface area contributed by atoms with E-state index in [0.29, 0.717) is 19.6 Å². The van der Waals surface area contributed by atoms with E-state index in [2.05, 4.69) is 12.2 Å². The van der Waals surface area contributed by atoms with Crippen molar-refractivity contribution >= 4 is 15.9 Å². The molecule has 0 saturated heterocycles. The largest absolute Gasteiger partial charge is 0.381 e. The molecule has 0 saturated carbocycles. The van der Waals surface area contributed by atoms with Gasteiger partial charge in [0.2, 0.25) is 15.9 Å². The fourth-order valence-corrected chi connectivity index (χ4v) is 3.36. The first-order valence-corrected chi connectivity index (χ1v) is 10.1. The van der Waals surface area contributed by atoms with Crippen LogP contribution in [-0.2, 0) is 19.6 Å². The zero-order valence-electron chi connectivity index (χ0n) is 15.7. The van der Waals surface area contributed by atoms with Crippen LogP contribution in [-0.4, -0.2) is 52.0 Å². The second kappa shape index (κ2) is 10.5. The van der Waals surface area contributed by atoms with E-state index in [1.165, 1.54) is 7.05 Å². The Hall–Kier alpha value is -1.44. The van der Waals surface area contributed by atoms with Crippen molar-refractivity contribution in [3.8, 4) is 0 Å². The summed E-state index contributed by atoms with van der Waals surface area (Å²) in [6.07, 6.45) is 2.84. The van der Waals surface area contributed by atoms with Crippen molar-refractivity contribution in [1.29, 1.82) is 0 Å². The maximum atomic E-state index is 12.5. The second-order valence-electron chi connectivity index (χ2n) is 6.18. The summed E-state index contributed by atoms with van der Waals surface area (Å²) in [6, 6.07) is 4.97. The molecule has 0 heterocycles. The van der Waals surface area contributed by atoms with Crippen LogP contribution in [0.5, 0.6) is 0 Å². The molecule has 25 heavy (non-hydrogen) atoms. The summed E-state index contributed by atoms with van der Waals surface area (Å²) in [5.74, 6) is -0.316. The van der Waals surface area contributed by atoms with Gasteiger partial charge in [0.1, 0.15) is 0 Å². The number of rotatable bonds is 11. The summed E-state index contributed by atoms with van der Waals surface area (Å²) < 4.78 is 31.6. The van der Waals surface area contributed by atoms with Gasteiger partial charge >= 0.3 is 0 Å². The van der Waals surface area contributed by atoms with Crippen LogP contribution >= 0.6 is 0 Å². The SMILES string of the molecule is CCCCOCCCNC(=O)CN(C)S(=O)(=O)c1ccc(C)c(C)c1. The number of carbonyl (C=O) groups is 1. The molecule has 1 amide bonds. The lowest BCUT2D eigenvalue weighted by Crippen LogP contribution is -2.38. The minimum Gasteiger partial charge on any atom is -0.381 e. The molecule has 0 atom stereocenters. The molecule has 0 aliphatic carbocycles. The van der Waals surface area contributed by atoms with Crippen LogP contribution in [0.25, 0.3) is 0 Å². The number of carbonyl (C=O) groups excluding carboxylic acids is 1. The zero-order chi connectivity index (χ0) is 18.9. The average molecular weight is 371 g/mol. The number of unbranched alkanes of at least 4 members (excludes halogenated alkanes) is 1. The van der Waals surface area contributed by atoms with Crippen LogP contribution in [0.3, 0.4) is 0 Å². The molecule has 0 aromatic heterocycles. The van der Waals surface area contributed by atoms with Gasteiger partial charge in [-0.25, -0.2) is 8.42 Å². The van der Waals surface area contributed by atoms with Gasteiger partial charge in [0.15, 0.2) is 0 Å². The van der Waals surface area contributed by atoms with Crippen LogP contribution in [0.15, 0.2) is 23.1 Å². The van der Waals surface area contributed by atoms with Gasteiger partial charge in [0.05, 0.1) is 11.4 Å². The molecule has 0 aliphatic heterocycles. The number of hydrogen-bond donors (Lipinski definition) is 1. The molecule has 0 unspecified atom stereocenters. The highest BCUT2D eigenvalue weighted by Gasteiger charge is 2.23. The summed E-state index contributed by atoms with van der Waals surface area (Å²) in [5.41, 5.74) is 1.93. The Morgan fingerprint density at radius 3 is 2.48 bits per heavy atom. The van der Waals surface area contributed by atoms with E-state index in [9.17, 15) is 13.2 Å². The molecular formula is C18H30N2O4S. The molecule has 1 rings (SSSR count). The number of hydrogen-bond acceptors (Lipinski definition) is 4. The van der Waals surface area contributed by atoms with Crippen LogP contribution in [0.2, 0.25) is 0 Å². The lowest BCUT2D eigenvalue weighted by Gasteiger charge is -2.17. The number of likely N-dealkylation sites (N-methyl/N-ethyl adjacent to an activating group) is 1. The number of amides is 1. The topological polar surface area (TPSA) is 75.7 Å². The van der Waals surface area contributed by atoms with Crippen LogP contribution in [0.1, 0.15) is 37.3 Å². The van der Waals surface area contributed by atoms with Crippen molar-refractivity contribution in [2.75, 3.05) is 33.4 Å². The smallest absolute Gasteiger partial charge is 0.243 e. The highest BCUT2D eigenvalue weighted by Crippen LogP contribution is 2.17. The molecular weight excluding hydrogens is 340 g/mol. The van der Waals surface area contributed by atoms with Gasteiger partial charge in [-0.3, -0.25) is 4.79 Å². The van der Waals surface area contributed by atoms with Gasteiger partial charge in [-0.2, -0.15) is 4.31 Å². The number of benzene rings is 1. The van der Waals surface area contributed by atoms with Gasteiger partial charge < -0.3 is 10.1 Å². The molecule has 7 heteroatoms. The fourth-order valence-electron chi connectivity index (χ4n) is 2.15. The molecule has 1 aromatic carbocycles. The average Bonchev–Trinajstić information content (AvgIpc) is 2.56. The summed E-state index contributed by atoms with van der Waals surface area (Å²) in [5, 5.41) is 2.72. The predicted octanol–water partition coefficient (Wildman–Crippen LogP) is 2.25. The summed E-state index contributed by atoms with van der Waals surface area (Å²) in [6.45, 7) is 7.50. The van der Waals surface area contributed by atoms with Crippen molar-refractivity contribution in [1.82, 2.24) is 9.62 Å². The van der Waals surface area contributed by atoms with Crippen molar-refractivity contribution < 1.29 is 17.9 Å². The van der Waals surface area contributed by atoms with Gasteiger partial charge in [0, 0.05) is 26.8 Å². The minimum atomic E-state index is -3.67. The monoisotopic (exact) mass is 370 g/mol. The minimum absolute atomic E-state index is 0.202. The van der Waals surface area contributed by atoms with E-state index in [0.717, 1.165) is 34.9 Å². The van der Waals surface area contributed by atoms with Crippen LogP contribution in [0.4, 0.5) is 0 Å². The first kappa shape index (κ1) is 21.6. The Bertz CT molecular complexity index is 659. The first-order chi connectivity index (χ1) is 11.8. The van der Waals surface area contributed by atoms with Crippen molar-refractivity contribution in [3.63, 3.8) is 0 Å². The van der Waals surface area contributed by atoms with E-state index in [1.807, 2.05) is 13.8 Å². The van der Waals surface area contributed by atoms with E-state index in [4.69, 9.17) is 4.74 Å². The number of nitrogens with zero attached hydrogens (tertiary/aromatic N) is 1. The van der Waals surface area contributed by atoms with Crippen molar-refractivity contribution in [3.05, 3.63) is 29.3 Å². The van der Waals surface area contributed by atoms with E-state index >= 15 is 0 Å². The lowest BCUT2D eigenvalue weighted by molar-refractivity contribution is -0.121. The predicted molar refractivity (Wildman–Crippen MR) is 99.1 cm³/mol. The molecule has 0 spiro atoms. The third-order valence-electron chi connectivity index (χ3n) is 3.98. The van der Waals surface area contributed by atoms with Crippen molar-refractivity contribution in [2.24, 2.45) is 0 Å². The van der Waals surface area contributed by atoms with Crippen LogP contribution < -0.4 is 5.32 Å². The number of aryl methyl sites for hydroxylation is 2. The molecule has 1 N–H and O–H groups in total. The first-order valence-electron chi connectivity index (χ1n) is 8.67. The quantitative estimate of drug-likeness (QED) is 0.606. The number of ether oxygens (including phenoxy) is 1. The summed E-state index contributed by atoms with van der Waals surface area (Å²) >= 11 is 0. The Balaban J connectivity index is 2.44. The lowest BCUT2D eigenvalue weighted by atomic mass is 10.1. The van der Waals surface area contributed by atoms with E-state index in [1.54, 1.807) is 18.2 Å². The van der Waals surface area contributed by atoms with Crippen molar-refractivity contribution in [2.45, 2.75) is 44.9 Å². The Labute approximate surface area is 151 Å². The maximum absolute atomic E-state index is 12.5. The van der Waals surface area contributed by atoms with Gasteiger partial charge in [0.25, 0.3) is 0 Å². The third-order valence-corrected chi connectivity index (χ3v) is 5.78.